The van der Waals surface area contributed by atoms with E-state index in [2.05, 4.69) is 21.4 Å². The molecule has 2 rings (SSSR count). The summed E-state index contributed by atoms with van der Waals surface area (Å²) in [5.74, 6) is 5.21. The van der Waals surface area contributed by atoms with E-state index in [4.69, 9.17) is 29.0 Å². The molecule has 0 spiro atoms. The molecule has 2 aromatic carbocycles. The third-order valence-electron chi connectivity index (χ3n) is 2.99. The smallest absolute Gasteiger partial charge is 0.129 e. The van der Waals surface area contributed by atoms with Crippen LogP contribution < -0.4 is 11.3 Å². The Morgan fingerprint density at radius 3 is 2.65 bits per heavy atom. The number of nitrogens with one attached hydrogen (secondary N) is 1. The first-order chi connectivity index (χ1) is 9.52. The first-order valence-corrected chi connectivity index (χ1v) is 7.41. The minimum Gasteiger partial charge on any atom is -0.271 e. The van der Waals surface area contributed by atoms with Gasteiger partial charge in [-0.1, -0.05) is 57.3 Å². The summed E-state index contributed by atoms with van der Waals surface area (Å²) in [6.07, 6.45) is 0.439. The average Bonchev–Trinajstić information content (AvgIpc) is 2.41. The maximum atomic E-state index is 14.0. The highest BCUT2D eigenvalue weighted by molar-refractivity contribution is 9.10. The summed E-state index contributed by atoms with van der Waals surface area (Å²) >= 11 is 15.3. The van der Waals surface area contributed by atoms with Crippen LogP contribution in [0.3, 0.4) is 0 Å². The van der Waals surface area contributed by atoms with E-state index < -0.39 is 0 Å². The Morgan fingerprint density at radius 2 is 2.00 bits per heavy atom. The molecule has 2 nitrogen and oxygen atoms in total. The van der Waals surface area contributed by atoms with Crippen molar-refractivity contribution < 1.29 is 4.39 Å². The molecular weight excluding hydrogens is 366 g/mol. The van der Waals surface area contributed by atoms with Gasteiger partial charge in [0, 0.05) is 10.0 Å². The van der Waals surface area contributed by atoms with Gasteiger partial charge in [0.15, 0.2) is 0 Å². The van der Waals surface area contributed by atoms with E-state index in [1.54, 1.807) is 24.3 Å². The van der Waals surface area contributed by atoms with Crippen LogP contribution >= 0.6 is 39.1 Å². The maximum absolute atomic E-state index is 14.0. The molecule has 20 heavy (non-hydrogen) atoms. The van der Waals surface area contributed by atoms with Crippen LogP contribution in [0, 0.1) is 5.82 Å². The number of hydrogen-bond acceptors (Lipinski definition) is 2. The fourth-order valence-corrected chi connectivity index (χ4v) is 2.70. The lowest BCUT2D eigenvalue weighted by Crippen LogP contribution is -2.30. The zero-order valence-corrected chi connectivity index (χ0v) is 13.4. The van der Waals surface area contributed by atoms with Crippen LogP contribution in [0.2, 0.25) is 10.0 Å². The number of benzene rings is 2. The van der Waals surface area contributed by atoms with Gasteiger partial charge in [-0.2, -0.15) is 0 Å². The minimum atomic E-state index is -0.390. The quantitative estimate of drug-likeness (QED) is 0.601. The lowest BCUT2D eigenvalue weighted by molar-refractivity contribution is 0.510. The van der Waals surface area contributed by atoms with Gasteiger partial charge in [0.1, 0.15) is 5.82 Å². The standard InChI is InChI=1S/C14H12BrCl2FN2/c15-9-4-5-10(12(18)7-9)13(20-19)6-8-2-1-3-11(16)14(8)17/h1-5,7,13,20H,6,19H2. The van der Waals surface area contributed by atoms with E-state index in [0.717, 1.165) is 5.56 Å². The molecule has 1 unspecified atom stereocenters. The van der Waals surface area contributed by atoms with Crippen molar-refractivity contribution in [1.82, 2.24) is 5.43 Å². The Morgan fingerprint density at radius 1 is 1.25 bits per heavy atom. The van der Waals surface area contributed by atoms with Gasteiger partial charge in [-0.15, -0.1) is 0 Å². The molecule has 0 aliphatic carbocycles. The molecule has 1 atom stereocenters. The Hall–Kier alpha value is -0.650. The maximum Gasteiger partial charge on any atom is 0.129 e. The van der Waals surface area contributed by atoms with Crippen molar-refractivity contribution >= 4 is 39.1 Å². The van der Waals surface area contributed by atoms with Crippen molar-refractivity contribution in [1.29, 1.82) is 0 Å². The summed E-state index contributed by atoms with van der Waals surface area (Å²) in [5.41, 5.74) is 3.90. The molecule has 0 bridgehead atoms. The van der Waals surface area contributed by atoms with Crippen LogP contribution in [-0.4, -0.2) is 0 Å². The normalized spacial score (nSPS) is 12.4. The predicted octanol–water partition coefficient (Wildman–Crippen LogP) is 4.64. The summed E-state index contributed by atoms with van der Waals surface area (Å²) in [6.45, 7) is 0. The molecule has 106 valence electrons. The van der Waals surface area contributed by atoms with Crippen LogP contribution in [0.25, 0.3) is 0 Å². The van der Waals surface area contributed by atoms with Crippen molar-refractivity contribution in [3.63, 3.8) is 0 Å². The number of hydrogen-bond donors (Lipinski definition) is 2. The fourth-order valence-electron chi connectivity index (χ4n) is 1.97. The van der Waals surface area contributed by atoms with E-state index >= 15 is 0 Å². The van der Waals surface area contributed by atoms with Crippen LogP contribution in [0.15, 0.2) is 40.9 Å². The second kappa shape index (κ2) is 6.87. The first-order valence-electron chi connectivity index (χ1n) is 5.87. The average molecular weight is 378 g/mol. The zero-order chi connectivity index (χ0) is 14.7. The monoisotopic (exact) mass is 376 g/mol. The molecule has 0 aliphatic heterocycles. The molecule has 0 aliphatic rings. The van der Waals surface area contributed by atoms with Gasteiger partial charge in [-0.3, -0.25) is 11.3 Å². The highest BCUT2D eigenvalue weighted by atomic mass is 79.9. The molecule has 0 fully saturated rings. The van der Waals surface area contributed by atoms with E-state index in [0.29, 0.717) is 26.5 Å². The van der Waals surface area contributed by atoms with Gasteiger partial charge >= 0.3 is 0 Å². The predicted molar refractivity (Wildman–Crippen MR) is 84.3 cm³/mol. The van der Waals surface area contributed by atoms with E-state index in [1.165, 1.54) is 6.07 Å². The lowest BCUT2D eigenvalue weighted by Gasteiger charge is -2.18. The molecule has 0 saturated carbocycles. The van der Waals surface area contributed by atoms with E-state index in [9.17, 15) is 4.39 Å². The minimum absolute atomic E-state index is 0.333. The number of hydrazine groups is 1. The number of halogens is 4. The van der Waals surface area contributed by atoms with Crippen molar-refractivity contribution in [3.05, 3.63) is 67.9 Å². The van der Waals surface area contributed by atoms with Gasteiger partial charge in [-0.25, -0.2) is 4.39 Å². The summed E-state index contributed by atoms with van der Waals surface area (Å²) in [6, 6.07) is 9.81. The SMILES string of the molecule is NNC(Cc1cccc(Cl)c1Cl)c1ccc(Br)cc1F. The molecule has 0 heterocycles. The Bertz CT molecular complexity index is 622. The van der Waals surface area contributed by atoms with Gasteiger partial charge in [0.2, 0.25) is 0 Å². The summed E-state index contributed by atoms with van der Waals surface area (Å²) in [7, 11) is 0. The van der Waals surface area contributed by atoms with Gasteiger partial charge in [0.05, 0.1) is 16.1 Å². The zero-order valence-electron chi connectivity index (χ0n) is 10.3. The molecule has 0 aromatic heterocycles. The van der Waals surface area contributed by atoms with Crippen molar-refractivity contribution in [2.24, 2.45) is 5.84 Å². The number of nitrogens with two attached hydrogens (primary N) is 1. The molecule has 0 radical (unpaired) electrons. The summed E-state index contributed by atoms with van der Waals surface area (Å²) in [5, 5.41) is 0.933. The van der Waals surface area contributed by atoms with E-state index in [1.807, 2.05) is 6.07 Å². The Labute approximate surface area is 135 Å². The van der Waals surface area contributed by atoms with Crippen LogP contribution in [0.1, 0.15) is 17.2 Å². The van der Waals surface area contributed by atoms with Crippen LogP contribution in [0.4, 0.5) is 4.39 Å². The van der Waals surface area contributed by atoms with Gasteiger partial charge < -0.3 is 0 Å². The van der Waals surface area contributed by atoms with Crippen LogP contribution in [0.5, 0.6) is 0 Å². The van der Waals surface area contributed by atoms with E-state index in [-0.39, 0.29) is 11.9 Å². The Kier molecular flexibility index (Phi) is 5.41. The van der Waals surface area contributed by atoms with Gasteiger partial charge in [-0.05, 0) is 30.2 Å². The first kappa shape index (κ1) is 15.7. The molecule has 2 aromatic rings. The third-order valence-corrected chi connectivity index (χ3v) is 4.35. The Balaban J connectivity index is 2.31. The third kappa shape index (κ3) is 3.51. The second-order valence-corrected chi connectivity index (χ2v) is 6.00. The fraction of sp³-hybridized carbons (Fsp3) is 0.143. The van der Waals surface area contributed by atoms with Gasteiger partial charge in [0.25, 0.3) is 0 Å². The highest BCUT2D eigenvalue weighted by Gasteiger charge is 2.17. The molecule has 0 saturated heterocycles. The van der Waals surface area contributed by atoms with Crippen LogP contribution in [-0.2, 0) is 6.42 Å². The molecule has 0 amide bonds. The topological polar surface area (TPSA) is 38.0 Å². The second-order valence-electron chi connectivity index (χ2n) is 4.30. The molecule has 3 N–H and O–H groups in total. The van der Waals surface area contributed by atoms with Crippen molar-refractivity contribution in [2.75, 3.05) is 0 Å². The highest BCUT2D eigenvalue weighted by Crippen LogP contribution is 2.30. The van der Waals surface area contributed by atoms with Crippen molar-refractivity contribution in [2.45, 2.75) is 12.5 Å². The largest absolute Gasteiger partial charge is 0.271 e. The van der Waals surface area contributed by atoms with Crippen molar-refractivity contribution in [3.8, 4) is 0 Å². The molecular formula is C14H12BrCl2FN2. The number of rotatable bonds is 4. The summed E-state index contributed by atoms with van der Waals surface area (Å²) in [4.78, 5) is 0. The molecule has 6 heteroatoms. The lowest BCUT2D eigenvalue weighted by atomic mass is 9.99. The summed E-state index contributed by atoms with van der Waals surface area (Å²) < 4.78 is 14.7.